The molecule has 5 nitrogen and oxygen atoms in total. The van der Waals surface area contributed by atoms with E-state index in [2.05, 4.69) is 50.3 Å². The lowest BCUT2D eigenvalue weighted by Gasteiger charge is -2.03. The maximum absolute atomic E-state index is 5.53. The Bertz CT molecular complexity index is 498. The quantitative estimate of drug-likeness (QED) is 0.938. The van der Waals surface area contributed by atoms with Crippen LogP contribution in [0.3, 0.4) is 0 Å². The molecule has 0 aliphatic rings. The van der Waals surface area contributed by atoms with E-state index in [9.17, 15) is 0 Å². The number of hydrogen-bond acceptors (Lipinski definition) is 5. The van der Waals surface area contributed by atoms with Crippen LogP contribution in [0.25, 0.3) is 11.5 Å². The minimum atomic E-state index is 0.387. The molecule has 0 amide bonds. The van der Waals surface area contributed by atoms with Gasteiger partial charge in [0.15, 0.2) is 0 Å². The molecule has 0 aliphatic heterocycles. The second kappa shape index (κ2) is 5.37. The SMILES string of the molecule is CC(C)NCc1nnc(-c2cncc(Br)c2)o1. The second-order valence-corrected chi connectivity index (χ2v) is 4.84. The fraction of sp³-hybridized carbons (Fsp3) is 0.364. The van der Waals surface area contributed by atoms with Crippen molar-refractivity contribution in [2.45, 2.75) is 26.4 Å². The molecule has 0 unspecified atom stereocenters. The third-order valence-corrected chi connectivity index (χ3v) is 2.51. The van der Waals surface area contributed by atoms with Crippen LogP contribution in [0, 0.1) is 0 Å². The van der Waals surface area contributed by atoms with Gasteiger partial charge in [0.05, 0.1) is 12.1 Å². The predicted molar refractivity (Wildman–Crippen MR) is 67.2 cm³/mol. The van der Waals surface area contributed by atoms with Crippen LogP contribution in [-0.4, -0.2) is 21.2 Å². The average Bonchev–Trinajstić information content (AvgIpc) is 2.75. The van der Waals surface area contributed by atoms with E-state index in [1.807, 2.05) is 6.07 Å². The van der Waals surface area contributed by atoms with E-state index in [1.54, 1.807) is 12.4 Å². The number of aromatic nitrogens is 3. The van der Waals surface area contributed by atoms with Crippen LogP contribution in [0.5, 0.6) is 0 Å². The monoisotopic (exact) mass is 296 g/mol. The molecule has 0 aliphatic carbocycles. The summed E-state index contributed by atoms with van der Waals surface area (Å²) in [5.41, 5.74) is 0.808. The molecule has 0 radical (unpaired) electrons. The highest BCUT2D eigenvalue weighted by Gasteiger charge is 2.09. The van der Waals surface area contributed by atoms with Crippen LogP contribution >= 0.6 is 15.9 Å². The van der Waals surface area contributed by atoms with Gasteiger partial charge in [0, 0.05) is 22.9 Å². The Morgan fingerprint density at radius 2 is 2.18 bits per heavy atom. The molecule has 2 heterocycles. The maximum atomic E-state index is 5.53. The smallest absolute Gasteiger partial charge is 0.249 e. The summed E-state index contributed by atoms with van der Waals surface area (Å²) >= 11 is 3.35. The second-order valence-electron chi connectivity index (χ2n) is 3.93. The van der Waals surface area contributed by atoms with E-state index < -0.39 is 0 Å². The molecule has 1 N–H and O–H groups in total. The first-order chi connectivity index (χ1) is 8.15. The molecule has 0 aromatic carbocycles. The minimum Gasteiger partial charge on any atom is -0.419 e. The van der Waals surface area contributed by atoms with Gasteiger partial charge in [0.2, 0.25) is 11.8 Å². The van der Waals surface area contributed by atoms with Gasteiger partial charge in [-0.05, 0) is 22.0 Å². The lowest BCUT2D eigenvalue weighted by Crippen LogP contribution is -2.21. The van der Waals surface area contributed by atoms with Gasteiger partial charge in [-0.1, -0.05) is 13.8 Å². The highest BCUT2D eigenvalue weighted by molar-refractivity contribution is 9.10. The van der Waals surface area contributed by atoms with E-state index >= 15 is 0 Å². The summed E-state index contributed by atoms with van der Waals surface area (Å²) in [6, 6.07) is 2.28. The van der Waals surface area contributed by atoms with Crippen molar-refractivity contribution in [2.24, 2.45) is 0 Å². The first-order valence-electron chi connectivity index (χ1n) is 5.32. The van der Waals surface area contributed by atoms with E-state index in [4.69, 9.17) is 4.42 Å². The lowest BCUT2D eigenvalue weighted by atomic mass is 10.3. The number of nitrogens with one attached hydrogen (secondary N) is 1. The molecule has 2 aromatic heterocycles. The molecule has 2 aromatic rings. The number of hydrogen-bond donors (Lipinski definition) is 1. The Morgan fingerprint density at radius 3 is 2.88 bits per heavy atom. The summed E-state index contributed by atoms with van der Waals surface area (Å²) in [5, 5.41) is 11.2. The predicted octanol–water partition coefficient (Wildman–Crippen LogP) is 2.39. The Labute approximate surface area is 108 Å². The van der Waals surface area contributed by atoms with Gasteiger partial charge >= 0.3 is 0 Å². The molecular weight excluding hydrogens is 284 g/mol. The molecule has 2 rings (SSSR count). The van der Waals surface area contributed by atoms with Crippen LogP contribution in [0.1, 0.15) is 19.7 Å². The van der Waals surface area contributed by atoms with E-state index in [0.29, 0.717) is 24.4 Å². The number of halogens is 1. The summed E-state index contributed by atoms with van der Waals surface area (Å²) in [4.78, 5) is 4.05. The van der Waals surface area contributed by atoms with Crippen LogP contribution < -0.4 is 5.32 Å². The topological polar surface area (TPSA) is 63.8 Å². The summed E-state index contributed by atoms with van der Waals surface area (Å²) in [5.74, 6) is 1.06. The van der Waals surface area contributed by atoms with E-state index in [0.717, 1.165) is 10.0 Å². The molecule has 90 valence electrons. The zero-order valence-electron chi connectivity index (χ0n) is 9.64. The Balaban J connectivity index is 2.12. The number of nitrogens with zero attached hydrogens (tertiary/aromatic N) is 3. The lowest BCUT2D eigenvalue weighted by molar-refractivity contribution is 0.458. The Morgan fingerprint density at radius 1 is 1.35 bits per heavy atom. The van der Waals surface area contributed by atoms with Crippen molar-refractivity contribution in [3.63, 3.8) is 0 Å². The van der Waals surface area contributed by atoms with Gasteiger partial charge in [-0.15, -0.1) is 10.2 Å². The largest absolute Gasteiger partial charge is 0.419 e. The standard InChI is InChI=1S/C11H13BrN4O/c1-7(2)14-6-10-15-16-11(17-10)8-3-9(12)5-13-4-8/h3-5,7,14H,6H2,1-2H3. The fourth-order valence-electron chi connectivity index (χ4n) is 1.26. The fourth-order valence-corrected chi connectivity index (χ4v) is 1.63. The first-order valence-corrected chi connectivity index (χ1v) is 6.11. The van der Waals surface area contributed by atoms with Gasteiger partial charge in [-0.2, -0.15) is 0 Å². The molecule has 0 fully saturated rings. The Kier molecular flexibility index (Phi) is 3.86. The average molecular weight is 297 g/mol. The van der Waals surface area contributed by atoms with Gasteiger partial charge in [-0.25, -0.2) is 0 Å². The molecule has 6 heteroatoms. The minimum absolute atomic E-state index is 0.387. The molecule has 0 saturated heterocycles. The zero-order chi connectivity index (χ0) is 12.3. The van der Waals surface area contributed by atoms with Crippen molar-refractivity contribution >= 4 is 15.9 Å². The zero-order valence-corrected chi connectivity index (χ0v) is 11.2. The van der Waals surface area contributed by atoms with E-state index in [1.165, 1.54) is 0 Å². The van der Waals surface area contributed by atoms with E-state index in [-0.39, 0.29) is 0 Å². The van der Waals surface area contributed by atoms with Gasteiger partial charge in [0.25, 0.3) is 0 Å². The summed E-state index contributed by atoms with van der Waals surface area (Å²) in [6.07, 6.45) is 3.40. The van der Waals surface area contributed by atoms with Crippen LogP contribution in [0.15, 0.2) is 27.3 Å². The third kappa shape index (κ3) is 3.34. The molecule has 0 bridgehead atoms. The van der Waals surface area contributed by atoms with Crippen molar-refractivity contribution < 1.29 is 4.42 Å². The van der Waals surface area contributed by atoms with Gasteiger partial charge in [0.1, 0.15) is 0 Å². The normalized spacial score (nSPS) is 11.1. The Hall–Kier alpha value is -1.27. The van der Waals surface area contributed by atoms with Crippen LogP contribution in [0.4, 0.5) is 0 Å². The van der Waals surface area contributed by atoms with Crippen LogP contribution in [0.2, 0.25) is 0 Å². The molecule has 0 atom stereocenters. The summed E-state index contributed by atoms with van der Waals surface area (Å²) < 4.78 is 6.41. The molecular formula is C11H13BrN4O. The van der Waals surface area contributed by atoms with Crippen LogP contribution in [-0.2, 0) is 6.54 Å². The molecule has 17 heavy (non-hydrogen) atoms. The maximum Gasteiger partial charge on any atom is 0.249 e. The summed E-state index contributed by atoms with van der Waals surface area (Å²) in [6.45, 7) is 4.71. The van der Waals surface area contributed by atoms with Crippen molar-refractivity contribution in [3.05, 3.63) is 28.8 Å². The van der Waals surface area contributed by atoms with Gasteiger partial charge < -0.3 is 9.73 Å². The number of rotatable bonds is 4. The molecule has 0 saturated carbocycles. The third-order valence-electron chi connectivity index (χ3n) is 2.08. The van der Waals surface area contributed by atoms with Crippen molar-refractivity contribution in [1.29, 1.82) is 0 Å². The first kappa shape index (κ1) is 12.2. The highest BCUT2D eigenvalue weighted by Crippen LogP contribution is 2.20. The highest BCUT2D eigenvalue weighted by atomic mass is 79.9. The molecule has 0 spiro atoms. The summed E-state index contributed by atoms with van der Waals surface area (Å²) in [7, 11) is 0. The van der Waals surface area contributed by atoms with Crippen molar-refractivity contribution in [1.82, 2.24) is 20.5 Å². The number of pyridine rings is 1. The van der Waals surface area contributed by atoms with Crippen molar-refractivity contribution in [2.75, 3.05) is 0 Å². The van der Waals surface area contributed by atoms with Crippen molar-refractivity contribution in [3.8, 4) is 11.5 Å². The van der Waals surface area contributed by atoms with Gasteiger partial charge in [-0.3, -0.25) is 4.98 Å².